The maximum atomic E-state index is 13.9. The highest BCUT2D eigenvalue weighted by molar-refractivity contribution is 5.95. The SMILES string of the molecule is CN(CC(=O)N1CCCC1)c1c(F)cccc1C(=O)O. The van der Waals surface area contributed by atoms with Gasteiger partial charge in [-0.3, -0.25) is 4.79 Å². The highest BCUT2D eigenvalue weighted by Crippen LogP contribution is 2.23. The molecule has 6 heteroatoms. The van der Waals surface area contributed by atoms with Crippen molar-refractivity contribution >= 4 is 17.6 Å². The molecule has 1 N–H and O–H groups in total. The number of carbonyl (C=O) groups is 2. The van der Waals surface area contributed by atoms with E-state index >= 15 is 0 Å². The van der Waals surface area contributed by atoms with Crippen LogP contribution in [0.3, 0.4) is 0 Å². The molecule has 1 amide bonds. The number of carboxylic acid groups (broad SMARTS) is 1. The van der Waals surface area contributed by atoms with Crippen molar-refractivity contribution in [3.8, 4) is 0 Å². The Kier molecular flexibility index (Phi) is 4.22. The first-order chi connectivity index (χ1) is 9.50. The molecule has 1 aliphatic rings. The number of hydrogen-bond acceptors (Lipinski definition) is 3. The molecule has 1 aliphatic heterocycles. The van der Waals surface area contributed by atoms with Crippen LogP contribution in [0.15, 0.2) is 18.2 Å². The van der Waals surface area contributed by atoms with Crippen LogP contribution in [0.2, 0.25) is 0 Å². The van der Waals surface area contributed by atoms with Crippen molar-refractivity contribution in [3.05, 3.63) is 29.6 Å². The van der Waals surface area contributed by atoms with Crippen LogP contribution in [0.5, 0.6) is 0 Å². The molecule has 0 atom stereocenters. The van der Waals surface area contributed by atoms with Crippen molar-refractivity contribution < 1.29 is 19.1 Å². The minimum absolute atomic E-state index is 0.0266. The van der Waals surface area contributed by atoms with Crippen LogP contribution >= 0.6 is 0 Å². The van der Waals surface area contributed by atoms with Gasteiger partial charge in [0, 0.05) is 20.1 Å². The van der Waals surface area contributed by atoms with E-state index < -0.39 is 11.8 Å². The Bertz CT molecular complexity index is 527. The standard InChI is InChI=1S/C14H17FN2O3/c1-16(9-12(18)17-7-2-3-8-17)13-10(14(19)20)5-4-6-11(13)15/h4-6H,2-3,7-9H2,1H3,(H,19,20). The lowest BCUT2D eigenvalue weighted by Gasteiger charge is -2.24. The summed E-state index contributed by atoms with van der Waals surface area (Å²) in [5.41, 5.74) is -0.186. The molecular weight excluding hydrogens is 263 g/mol. The predicted octanol–water partition coefficient (Wildman–Crippen LogP) is 1.58. The highest BCUT2D eigenvalue weighted by Gasteiger charge is 2.23. The number of carbonyl (C=O) groups excluding carboxylic acids is 1. The molecule has 0 unspecified atom stereocenters. The number of anilines is 1. The largest absolute Gasteiger partial charge is 0.478 e. The molecule has 1 aromatic rings. The molecule has 0 bridgehead atoms. The molecule has 20 heavy (non-hydrogen) atoms. The van der Waals surface area contributed by atoms with E-state index in [0.29, 0.717) is 0 Å². The van der Waals surface area contributed by atoms with Gasteiger partial charge in [-0.15, -0.1) is 0 Å². The first-order valence-electron chi connectivity index (χ1n) is 6.51. The summed E-state index contributed by atoms with van der Waals surface area (Å²) in [6, 6.07) is 3.87. The van der Waals surface area contributed by atoms with Gasteiger partial charge in [-0.2, -0.15) is 0 Å². The van der Waals surface area contributed by atoms with Crippen molar-refractivity contribution in [3.63, 3.8) is 0 Å². The van der Waals surface area contributed by atoms with E-state index in [0.717, 1.165) is 25.9 Å². The molecule has 0 spiro atoms. The molecule has 1 heterocycles. The van der Waals surface area contributed by atoms with Crippen LogP contribution in [-0.2, 0) is 4.79 Å². The molecule has 1 fully saturated rings. The molecule has 1 aromatic carbocycles. The van der Waals surface area contributed by atoms with E-state index in [1.54, 1.807) is 4.90 Å². The van der Waals surface area contributed by atoms with Crippen LogP contribution in [0.25, 0.3) is 0 Å². The number of rotatable bonds is 4. The Morgan fingerprint density at radius 2 is 2.00 bits per heavy atom. The fraction of sp³-hybridized carbons (Fsp3) is 0.429. The average Bonchev–Trinajstić information content (AvgIpc) is 2.91. The van der Waals surface area contributed by atoms with E-state index in [4.69, 9.17) is 5.11 Å². The molecule has 0 aromatic heterocycles. The molecule has 0 saturated carbocycles. The van der Waals surface area contributed by atoms with Gasteiger partial charge in [0.05, 0.1) is 17.8 Å². The van der Waals surface area contributed by atoms with Gasteiger partial charge in [0.2, 0.25) is 5.91 Å². The van der Waals surface area contributed by atoms with Crippen LogP contribution in [0.4, 0.5) is 10.1 Å². The monoisotopic (exact) mass is 280 g/mol. The van der Waals surface area contributed by atoms with Gasteiger partial charge >= 0.3 is 5.97 Å². The minimum Gasteiger partial charge on any atom is -0.478 e. The zero-order chi connectivity index (χ0) is 14.7. The number of hydrogen-bond donors (Lipinski definition) is 1. The Labute approximate surface area is 116 Å². The predicted molar refractivity (Wildman–Crippen MR) is 72.4 cm³/mol. The summed E-state index contributed by atoms with van der Waals surface area (Å²) in [6.07, 6.45) is 1.96. The van der Waals surface area contributed by atoms with Crippen molar-refractivity contribution in [1.29, 1.82) is 0 Å². The average molecular weight is 280 g/mol. The zero-order valence-electron chi connectivity index (χ0n) is 11.3. The Morgan fingerprint density at radius 1 is 1.35 bits per heavy atom. The summed E-state index contributed by atoms with van der Waals surface area (Å²) >= 11 is 0. The maximum Gasteiger partial charge on any atom is 0.337 e. The number of likely N-dealkylation sites (tertiary alicyclic amines) is 1. The van der Waals surface area contributed by atoms with Crippen molar-refractivity contribution in [2.24, 2.45) is 0 Å². The number of halogens is 1. The normalized spacial score (nSPS) is 14.4. The Morgan fingerprint density at radius 3 is 2.60 bits per heavy atom. The van der Waals surface area contributed by atoms with Gasteiger partial charge in [0.1, 0.15) is 5.82 Å². The lowest BCUT2D eigenvalue weighted by Crippen LogP contribution is -2.38. The third-order valence-electron chi connectivity index (χ3n) is 3.43. The second kappa shape index (κ2) is 5.90. The summed E-state index contributed by atoms with van der Waals surface area (Å²) in [5.74, 6) is -1.95. The summed E-state index contributed by atoms with van der Waals surface area (Å²) in [7, 11) is 1.53. The molecule has 5 nitrogen and oxygen atoms in total. The third kappa shape index (κ3) is 2.89. The zero-order valence-corrected chi connectivity index (χ0v) is 11.3. The van der Waals surface area contributed by atoms with Gasteiger partial charge < -0.3 is 14.9 Å². The van der Waals surface area contributed by atoms with E-state index in [9.17, 15) is 14.0 Å². The number of para-hydroxylation sites is 1. The van der Waals surface area contributed by atoms with Crippen LogP contribution in [0, 0.1) is 5.82 Å². The van der Waals surface area contributed by atoms with Gasteiger partial charge in [-0.25, -0.2) is 9.18 Å². The number of amides is 1. The minimum atomic E-state index is -1.21. The van der Waals surface area contributed by atoms with E-state index in [1.165, 1.54) is 30.1 Å². The smallest absolute Gasteiger partial charge is 0.337 e. The number of nitrogens with zero attached hydrogens (tertiary/aromatic N) is 2. The third-order valence-corrected chi connectivity index (χ3v) is 3.43. The summed E-state index contributed by atoms with van der Waals surface area (Å²) < 4.78 is 13.9. The van der Waals surface area contributed by atoms with Crippen LogP contribution in [0.1, 0.15) is 23.2 Å². The first kappa shape index (κ1) is 14.3. The van der Waals surface area contributed by atoms with Gasteiger partial charge in [-0.1, -0.05) is 6.07 Å². The molecule has 0 radical (unpaired) electrons. The summed E-state index contributed by atoms with van der Waals surface area (Å²) in [4.78, 5) is 26.2. The quantitative estimate of drug-likeness (QED) is 0.909. The number of aromatic carboxylic acids is 1. The maximum absolute atomic E-state index is 13.9. The first-order valence-corrected chi connectivity index (χ1v) is 6.51. The fourth-order valence-corrected chi connectivity index (χ4v) is 2.42. The lowest BCUT2D eigenvalue weighted by molar-refractivity contribution is -0.128. The lowest BCUT2D eigenvalue weighted by atomic mass is 10.1. The van der Waals surface area contributed by atoms with Gasteiger partial charge in [0.25, 0.3) is 0 Å². The number of benzene rings is 1. The summed E-state index contributed by atoms with van der Waals surface area (Å²) in [5, 5.41) is 9.10. The number of likely N-dealkylation sites (N-methyl/N-ethyl adjacent to an activating group) is 1. The highest BCUT2D eigenvalue weighted by atomic mass is 19.1. The van der Waals surface area contributed by atoms with E-state index in [1.807, 2.05) is 0 Å². The van der Waals surface area contributed by atoms with E-state index in [2.05, 4.69) is 0 Å². The Balaban J connectivity index is 2.18. The van der Waals surface area contributed by atoms with Gasteiger partial charge in [-0.05, 0) is 25.0 Å². The van der Waals surface area contributed by atoms with Crippen molar-refractivity contribution in [2.75, 3.05) is 31.6 Å². The van der Waals surface area contributed by atoms with Gasteiger partial charge in [0.15, 0.2) is 0 Å². The van der Waals surface area contributed by atoms with Crippen LogP contribution in [-0.4, -0.2) is 48.6 Å². The molecule has 108 valence electrons. The second-order valence-electron chi connectivity index (χ2n) is 4.89. The molecular formula is C14H17FN2O3. The molecule has 1 saturated heterocycles. The molecule has 0 aliphatic carbocycles. The second-order valence-corrected chi connectivity index (χ2v) is 4.89. The van der Waals surface area contributed by atoms with Crippen molar-refractivity contribution in [2.45, 2.75) is 12.8 Å². The summed E-state index contributed by atoms with van der Waals surface area (Å²) in [6.45, 7) is 1.41. The Hall–Kier alpha value is -2.11. The number of carboxylic acids is 1. The van der Waals surface area contributed by atoms with Crippen molar-refractivity contribution in [1.82, 2.24) is 4.90 Å². The molecule has 2 rings (SSSR count). The van der Waals surface area contributed by atoms with Crippen LogP contribution < -0.4 is 4.90 Å². The van der Waals surface area contributed by atoms with E-state index in [-0.39, 0.29) is 23.7 Å². The fourth-order valence-electron chi connectivity index (χ4n) is 2.42. The topological polar surface area (TPSA) is 60.9 Å².